The van der Waals surface area contributed by atoms with Crippen LogP contribution in [-0.4, -0.2) is 59.9 Å². The molecule has 2 aliphatic rings. The number of nitrogens with zero attached hydrogens (tertiary/aromatic N) is 1. The fourth-order valence-corrected chi connectivity index (χ4v) is 4.81. The number of aromatic nitrogens is 1. The van der Waals surface area contributed by atoms with Gasteiger partial charge in [0.2, 0.25) is 5.91 Å². The molecule has 3 heterocycles. The first kappa shape index (κ1) is 26.3. The second kappa shape index (κ2) is 9.94. The van der Waals surface area contributed by atoms with E-state index < -0.39 is 19.3 Å². The molecule has 0 aliphatic carbocycles. The third kappa shape index (κ3) is 5.04. The molecule has 0 saturated carbocycles. The van der Waals surface area contributed by atoms with E-state index in [1.807, 2.05) is 70.7 Å². The minimum Gasteiger partial charge on any atom is -0.453 e. The number of carbonyl (C=O) groups is 2. The van der Waals surface area contributed by atoms with Gasteiger partial charge in [0.25, 0.3) is 0 Å². The van der Waals surface area contributed by atoms with E-state index in [1.165, 1.54) is 7.11 Å². The molecule has 4 rings (SSSR count). The van der Waals surface area contributed by atoms with Crippen molar-refractivity contribution in [3.05, 3.63) is 42.1 Å². The third-order valence-electron chi connectivity index (χ3n) is 7.74. The van der Waals surface area contributed by atoms with E-state index in [9.17, 15) is 9.59 Å². The smallest absolute Gasteiger partial charge is 0.453 e. The second-order valence-corrected chi connectivity index (χ2v) is 11.1. The molecule has 9 heteroatoms. The van der Waals surface area contributed by atoms with Crippen LogP contribution < -0.4 is 10.8 Å². The Balaban J connectivity index is 1.48. The van der Waals surface area contributed by atoms with Crippen LogP contribution in [0.4, 0.5) is 4.79 Å². The van der Waals surface area contributed by atoms with Crippen molar-refractivity contribution in [3.63, 3.8) is 0 Å². The van der Waals surface area contributed by atoms with Gasteiger partial charge in [-0.15, -0.1) is 0 Å². The zero-order chi connectivity index (χ0) is 26.3. The molecular formula is C27H38BN3O5. The van der Waals surface area contributed by atoms with Crippen molar-refractivity contribution in [2.45, 2.75) is 77.7 Å². The highest BCUT2D eigenvalue weighted by atomic mass is 16.7. The van der Waals surface area contributed by atoms with Gasteiger partial charge in [-0.25, -0.2) is 4.79 Å². The molecule has 2 N–H and O–H groups in total. The number of likely N-dealkylation sites (tertiary alicyclic amines) is 1. The number of H-pyrrole nitrogens is 1. The van der Waals surface area contributed by atoms with Crippen LogP contribution in [0.5, 0.6) is 0 Å². The van der Waals surface area contributed by atoms with Crippen LogP contribution in [0.25, 0.3) is 11.3 Å². The standard InChI is InChI=1S/C27H38BN3O5/c1-17(2)23(30-25(33)34-7)24(32)31-16-8-9-22(31)21-15-14-20(29-21)18-10-12-19(13-11-18)28-35-26(3,4)27(5,6)36-28/h10-15,17,22-23,29H,8-9,16H2,1-7H3,(H,30,33). The van der Waals surface area contributed by atoms with E-state index in [0.29, 0.717) is 6.54 Å². The van der Waals surface area contributed by atoms with Gasteiger partial charge in [0.15, 0.2) is 0 Å². The summed E-state index contributed by atoms with van der Waals surface area (Å²) in [4.78, 5) is 30.6. The van der Waals surface area contributed by atoms with Gasteiger partial charge in [-0.1, -0.05) is 38.1 Å². The molecule has 2 aliphatic heterocycles. The number of benzene rings is 1. The molecule has 2 amide bonds. The van der Waals surface area contributed by atoms with Crippen molar-refractivity contribution in [1.29, 1.82) is 0 Å². The summed E-state index contributed by atoms with van der Waals surface area (Å²) in [6, 6.07) is 11.6. The highest BCUT2D eigenvalue weighted by molar-refractivity contribution is 6.62. The molecule has 2 unspecified atom stereocenters. The molecule has 2 fully saturated rings. The van der Waals surface area contributed by atoms with E-state index in [-0.39, 0.29) is 29.1 Å². The predicted octanol–water partition coefficient (Wildman–Crippen LogP) is 4.03. The summed E-state index contributed by atoms with van der Waals surface area (Å²) in [5.41, 5.74) is 3.25. The minimum absolute atomic E-state index is 0.0560. The van der Waals surface area contributed by atoms with E-state index in [4.69, 9.17) is 14.0 Å². The summed E-state index contributed by atoms with van der Waals surface area (Å²) in [5, 5.41) is 2.70. The van der Waals surface area contributed by atoms with Crippen molar-refractivity contribution in [3.8, 4) is 11.3 Å². The summed E-state index contributed by atoms with van der Waals surface area (Å²) in [5.74, 6) is -0.139. The molecule has 194 valence electrons. The summed E-state index contributed by atoms with van der Waals surface area (Å²) >= 11 is 0. The highest BCUT2D eigenvalue weighted by Crippen LogP contribution is 2.37. The molecule has 0 radical (unpaired) electrons. The Labute approximate surface area is 214 Å². The molecule has 0 bridgehead atoms. The number of ether oxygens (including phenoxy) is 1. The number of alkyl carbamates (subject to hydrolysis) is 1. The van der Waals surface area contributed by atoms with Crippen molar-refractivity contribution < 1.29 is 23.6 Å². The van der Waals surface area contributed by atoms with Gasteiger partial charge in [0.05, 0.1) is 24.4 Å². The third-order valence-corrected chi connectivity index (χ3v) is 7.74. The summed E-state index contributed by atoms with van der Waals surface area (Å²) < 4.78 is 17.1. The number of methoxy groups -OCH3 is 1. The second-order valence-electron chi connectivity index (χ2n) is 11.1. The first-order valence-corrected chi connectivity index (χ1v) is 12.7. The Morgan fingerprint density at radius 3 is 2.31 bits per heavy atom. The van der Waals surface area contributed by atoms with Gasteiger partial charge in [0.1, 0.15) is 6.04 Å². The number of aromatic amines is 1. The topological polar surface area (TPSA) is 92.9 Å². The van der Waals surface area contributed by atoms with Gasteiger partial charge < -0.3 is 29.2 Å². The maximum atomic E-state index is 13.4. The van der Waals surface area contributed by atoms with Gasteiger partial charge in [0, 0.05) is 17.9 Å². The number of hydrogen-bond donors (Lipinski definition) is 2. The molecule has 36 heavy (non-hydrogen) atoms. The highest BCUT2D eigenvalue weighted by Gasteiger charge is 2.51. The van der Waals surface area contributed by atoms with Crippen LogP contribution in [0.2, 0.25) is 0 Å². The molecule has 2 aromatic rings. The van der Waals surface area contributed by atoms with E-state index in [0.717, 1.165) is 35.3 Å². The number of amides is 2. The SMILES string of the molecule is COC(=O)NC(C(=O)N1CCCC1c1ccc(-c2ccc(B3OC(C)(C)C(C)(C)O3)cc2)[nH]1)C(C)C. The number of nitrogens with one attached hydrogen (secondary N) is 2. The van der Waals surface area contributed by atoms with Crippen molar-refractivity contribution >= 4 is 24.6 Å². The normalized spacial score (nSPS) is 21.6. The monoisotopic (exact) mass is 495 g/mol. The maximum Gasteiger partial charge on any atom is 0.494 e. The largest absolute Gasteiger partial charge is 0.494 e. The molecule has 2 saturated heterocycles. The van der Waals surface area contributed by atoms with Crippen LogP contribution in [0, 0.1) is 5.92 Å². The molecule has 0 spiro atoms. The zero-order valence-electron chi connectivity index (χ0n) is 22.4. The average molecular weight is 495 g/mol. The summed E-state index contributed by atoms with van der Waals surface area (Å²) in [6.07, 6.45) is 1.19. The van der Waals surface area contributed by atoms with Gasteiger partial charge >= 0.3 is 13.2 Å². The Kier molecular flexibility index (Phi) is 7.26. The van der Waals surface area contributed by atoms with Gasteiger partial charge in [-0.05, 0) is 69.6 Å². The molecule has 8 nitrogen and oxygen atoms in total. The lowest BCUT2D eigenvalue weighted by molar-refractivity contribution is -0.135. The average Bonchev–Trinajstić information content (AvgIpc) is 3.54. The predicted molar refractivity (Wildman–Crippen MR) is 140 cm³/mol. The van der Waals surface area contributed by atoms with Crippen LogP contribution in [-0.2, 0) is 18.8 Å². The van der Waals surface area contributed by atoms with Crippen LogP contribution in [0.3, 0.4) is 0 Å². The lowest BCUT2D eigenvalue weighted by Crippen LogP contribution is -2.51. The number of rotatable bonds is 6. The van der Waals surface area contributed by atoms with E-state index in [2.05, 4.69) is 22.4 Å². The lowest BCUT2D eigenvalue weighted by atomic mass is 9.79. The quantitative estimate of drug-likeness (QED) is 0.591. The van der Waals surface area contributed by atoms with Gasteiger partial charge in [-0.2, -0.15) is 0 Å². The number of carbonyl (C=O) groups excluding carboxylic acids is 2. The zero-order valence-corrected chi connectivity index (χ0v) is 22.4. The Hall–Kier alpha value is -2.78. The maximum absolute atomic E-state index is 13.4. The minimum atomic E-state index is -0.630. The fourth-order valence-electron chi connectivity index (χ4n) is 4.81. The lowest BCUT2D eigenvalue weighted by Gasteiger charge is -2.32. The Bertz CT molecular complexity index is 1080. The van der Waals surface area contributed by atoms with Crippen LogP contribution in [0.1, 0.15) is 66.1 Å². The van der Waals surface area contributed by atoms with E-state index in [1.54, 1.807) is 0 Å². The summed E-state index contributed by atoms with van der Waals surface area (Å²) in [7, 11) is 0.909. The van der Waals surface area contributed by atoms with E-state index >= 15 is 0 Å². The Morgan fingerprint density at radius 1 is 1.08 bits per heavy atom. The van der Waals surface area contributed by atoms with Crippen molar-refractivity contribution in [2.24, 2.45) is 5.92 Å². The van der Waals surface area contributed by atoms with Crippen LogP contribution >= 0.6 is 0 Å². The number of hydrogen-bond acceptors (Lipinski definition) is 5. The van der Waals surface area contributed by atoms with Crippen molar-refractivity contribution in [1.82, 2.24) is 15.2 Å². The molecular weight excluding hydrogens is 457 g/mol. The van der Waals surface area contributed by atoms with Gasteiger partial charge in [-0.3, -0.25) is 4.79 Å². The van der Waals surface area contributed by atoms with Crippen molar-refractivity contribution in [2.75, 3.05) is 13.7 Å². The first-order valence-electron chi connectivity index (χ1n) is 12.7. The molecule has 1 aromatic carbocycles. The molecule has 2 atom stereocenters. The molecule has 1 aromatic heterocycles. The first-order chi connectivity index (χ1) is 16.9. The fraction of sp³-hybridized carbons (Fsp3) is 0.556. The summed E-state index contributed by atoms with van der Waals surface area (Å²) in [6.45, 7) is 12.7. The van der Waals surface area contributed by atoms with Crippen LogP contribution in [0.15, 0.2) is 36.4 Å². The Morgan fingerprint density at radius 2 is 1.72 bits per heavy atom.